The monoisotopic (exact) mass is 313 g/mol. The van der Waals surface area contributed by atoms with Crippen LogP contribution in [0.2, 0.25) is 0 Å². The van der Waals surface area contributed by atoms with Crippen LogP contribution in [-0.2, 0) is 11.2 Å². The molecule has 1 aromatic rings. The fourth-order valence-corrected chi connectivity index (χ4v) is 1.86. The van der Waals surface area contributed by atoms with Crippen LogP contribution in [0.4, 0.5) is 0 Å². The molecule has 1 aromatic carbocycles. The maximum Gasteiger partial charge on any atom is 0.225 e. The number of hydrogen-bond donors (Lipinski definition) is 3. The van der Waals surface area contributed by atoms with Gasteiger partial charge >= 0.3 is 0 Å². The normalized spacial score (nSPS) is 12.3. The highest BCUT2D eigenvalue weighted by Crippen LogP contribution is 2.12. The maximum atomic E-state index is 11.8. The minimum absolute atomic E-state index is 0.0370. The summed E-state index contributed by atoms with van der Waals surface area (Å²) in [6.45, 7) is 3.34. The average Bonchev–Trinajstić information content (AvgIpc) is 2.26. The van der Waals surface area contributed by atoms with E-state index in [0.717, 1.165) is 10.0 Å². The lowest BCUT2D eigenvalue weighted by molar-refractivity contribution is -0.121. The zero-order valence-corrected chi connectivity index (χ0v) is 11.9. The van der Waals surface area contributed by atoms with E-state index >= 15 is 0 Å². The lowest BCUT2D eigenvalue weighted by Crippen LogP contribution is -2.53. The second-order valence-electron chi connectivity index (χ2n) is 4.47. The Labute approximate surface area is 114 Å². The van der Waals surface area contributed by atoms with Gasteiger partial charge in [-0.05, 0) is 31.5 Å². The van der Waals surface area contributed by atoms with Gasteiger partial charge in [0.2, 0.25) is 5.91 Å². The second-order valence-corrected chi connectivity index (χ2v) is 5.38. The molecule has 5 nitrogen and oxygen atoms in total. The van der Waals surface area contributed by atoms with E-state index < -0.39 is 5.54 Å². The molecule has 1 amide bonds. The Morgan fingerprint density at radius 1 is 1.56 bits per heavy atom. The number of nitrogens with two attached hydrogens (primary N) is 1. The van der Waals surface area contributed by atoms with Crippen LogP contribution in [0.3, 0.4) is 0 Å². The number of halogens is 1. The molecule has 0 radical (unpaired) electrons. The lowest BCUT2D eigenvalue weighted by Gasteiger charge is -2.24. The quantitative estimate of drug-likeness (QED) is 0.342. The van der Waals surface area contributed by atoms with Gasteiger partial charge in [-0.15, -0.1) is 0 Å². The Bertz CT molecular complexity index is 472. The number of carbonyl (C=O) groups is 1. The van der Waals surface area contributed by atoms with E-state index in [4.69, 9.17) is 10.9 Å². The van der Waals surface area contributed by atoms with Gasteiger partial charge in [-0.1, -0.05) is 33.2 Å². The van der Waals surface area contributed by atoms with E-state index in [1.165, 1.54) is 0 Å². The summed E-state index contributed by atoms with van der Waals surface area (Å²) in [4.78, 5) is 11.8. The largest absolute Gasteiger partial charge is 0.409 e. The number of nitrogens with zero attached hydrogens (tertiary/aromatic N) is 1. The SMILES string of the molecule is CC(C)(NC(=O)Cc1cccc(Br)c1)C(N)=NO. The summed E-state index contributed by atoms with van der Waals surface area (Å²) >= 11 is 3.34. The van der Waals surface area contributed by atoms with E-state index in [9.17, 15) is 4.79 Å². The number of hydrogen-bond acceptors (Lipinski definition) is 3. The number of carbonyl (C=O) groups excluding carboxylic acids is 1. The molecule has 0 unspecified atom stereocenters. The number of rotatable bonds is 4. The van der Waals surface area contributed by atoms with E-state index in [-0.39, 0.29) is 18.2 Å². The summed E-state index contributed by atoms with van der Waals surface area (Å²) in [5.74, 6) is -0.227. The van der Waals surface area contributed by atoms with Crippen molar-refractivity contribution >= 4 is 27.7 Å². The number of amidine groups is 1. The second kappa shape index (κ2) is 5.86. The van der Waals surface area contributed by atoms with Crippen LogP contribution in [-0.4, -0.2) is 22.5 Å². The van der Waals surface area contributed by atoms with Crippen molar-refractivity contribution in [1.29, 1.82) is 0 Å². The van der Waals surface area contributed by atoms with Crippen molar-refractivity contribution < 1.29 is 10.0 Å². The van der Waals surface area contributed by atoms with Gasteiger partial charge in [-0.25, -0.2) is 0 Å². The molecular weight excluding hydrogens is 298 g/mol. The van der Waals surface area contributed by atoms with E-state index in [1.807, 2.05) is 24.3 Å². The predicted molar refractivity (Wildman–Crippen MR) is 73.5 cm³/mol. The van der Waals surface area contributed by atoms with Gasteiger partial charge in [0.1, 0.15) is 0 Å². The smallest absolute Gasteiger partial charge is 0.225 e. The van der Waals surface area contributed by atoms with Crippen molar-refractivity contribution in [2.75, 3.05) is 0 Å². The summed E-state index contributed by atoms with van der Waals surface area (Å²) in [6.07, 6.45) is 0.238. The van der Waals surface area contributed by atoms with Crippen LogP contribution in [0.15, 0.2) is 33.9 Å². The molecule has 18 heavy (non-hydrogen) atoms. The lowest BCUT2D eigenvalue weighted by atomic mass is 10.0. The first kappa shape index (κ1) is 14.5. The highest BCUT2D eigenvalue weighted by molar-refractivity contribution is 9.10. The first-order chi connectivity index (χ1) is 8.35. The Morgan fingerprint density at radius 3 is 2.78 bits per heavy atom. The summed E-state index contributed by atoms with van der Waals surface area (Å²) in [5.41, 5.74) is 5.50. The first-order valence-electron chi connectivity index (χ1n) is 5.38. The summed E-state index contributed by atoms with van der Waals surface area (Å²) in [5, 5.41) is 14.2. The standard InChI is InChI=1S/C12H16BrN3O2/c1-12(2,11(14)16-18)15-10(17)7-8-4-3-5-9(13)6-8/h3-6,18H,7H2,1-2H3,(H2,14,16)(H,15,17). The molecule has 0 saturated carbocycles. The molecule has 0 saturated heterocycles. The zero-order chi connectivity index (χ0) is 13.8. The van der Waals surface area contributed by atoms with Crippen molar-refractivity contribution in [3.8, 4) is 0 Å². The van der Waals surface area contributed by atoms with Crippen molar-refractivity contribution in [3.63, 3.8) is 0 Å². The number of amides is 1. The molecule has 0 aliphatic carbocycles. The van der Waals surface area contributed by atoms with Crippen molar-refractivity contribution in [2.45, 2.75) is 25.8 Å². The van der Waals surface area contributed by atoms with E-state index in [0.29, 0.717) is 0 Å². The summed E-state index contributed by atoms with van der Waals surface area (Å²) < 4.78 is 0.920. The molecule has 0 fully saturated rings. The van der Waals surface area contributed by atoms with Gasteiger partial charge in [0, 0.05) is 4.47 Å². The van der Waals surface area contributed by atoms with E-state index in [2.05, 4.69) is 26.4 Å². The molecule has 0 aliphatic rings. The number of oxime groups is 1. The Balaban J connectivity index is 2.68. The number of nitrogens with one attached hydrogen (secondary N) is 1. The average molecular weight is 314 g/mol. The molecule has 0 aromatic heterocycles. The molecule has 98 valence electrons. The molecule has 1 rings (SSSR count). The fourth-order valence-electron chi connectivity index (χ4n) is 1.41. The molecule has 0 atom stereocenters. The molecule has 0 bridgehead atoms. The van der Waals surface area contributed by atoms with Crippen LogP contribution < -0.4 is 11.1 Å². The third kappa shape index (κ3) is 4.03. The molecule has 0 spiro atoms. The Morgan fingerprint density at radius 2 is 2.22 bits per heavy atom. The fraction of sp³-hybridized carbons (Fsp3) is 0.333. The van der Waals surface area contributed by atoms with Gasteiger partial charge in [-0.2, -0.15) is 0 Å². The Hall–Kier alpha value is -1.56. The van der Waals surface area contributed by atoms with Crippen LogP contribution in [0.25, 0.3) is 0 Å². The maximum absolute atomic E-state index is 11.8. The predicted octanol–water partition coefficient (Wildman–Crippen LogP) is 1.63. The van der Waals surface area contributed by atoms with E-state index in [1.54, 1.807) is 13.8 Å². The summed E-state index contributed by atoms with van der Waals surface area (Å²) in [7, 11) is 0. The summed E-state index contributed by atoms with van der Waals surface area (Å²) in [6, 6.07) is 7.49. The molecule has 4 N–H and O–H groups in total. The van der Waals surface area contributed by atoms with Crippen molar-refractivity contribution in [2.24, 2.45) is 10.9 Å². The van der Waals surface area contributed by atoms with Crippen molar-refractivity contribution in [3.05, 3.63) is 34.3 Å². The first-order valence-corrected chi connectivity index (χ1v) is 6.18. The highest BCUT2D eigenvalue weighted by Gasteiger charge is 2.25. The van der Waals surface area contributed by atoms with Gasteiger partial charge in [0.15, 0.2) is 5.84 Å². The van der Waals surface area contributed by atoms with Gasteiger partial charge in [0.05, 0.1) is 12.0 Å². The highest BCUT2D eigenvalue weighted by atomic mass is 79.9. The third-order valence-electron chi connectivity index (χ3n) is 2.45. The van der Waals surface area contributed by atoms with Gasteiger partial charge in [0.25, 0.3) is 0 Å². The van der Waals surface area contributed by atoms with Gasteiger partial charge < -0.3 is 16.3 Å². The Kier molecular flexibility index (Phi) is 4.72. The third-order valence-corrected chi connectivity index (χ3v) is 2.95. The van der Waals surface area contributed by atoms with Crippen molar-refractivity contribution in [1.82, 2.24) is 5.32 Å². The van der Waals surface area contributed by atoms with Crippen LogP contribution >= 0.6 is 15.9 Å². The topological polar surface area (TPSA) is 87.7 Å². The minimum atomic E-state index is -0.877. The molecule has 0 aliphatic heterocycles. The number of benzene rings is 1. The van der Waals surface area contributed by atoms with Gasteiger partial charge in [-0.3, -0.25) is 4.79 Å². The van der Waals surface area contributed by atoms with Crippen LogP contribution in [0, 0.1) is 0 Å². The van der Waals surface area contributed by atoms with Crippen LogP contribution in [0.1, 0.15) is 19.4 Å². The molecule has 6 heteroatoms. The minimum Gasteiger partial charge on any atom is -0.409 e. The molecule has 0 heterocycles. The molecular formula is C12H16BrN3O2. The zero-order valence-electron chi connectivity index (χ0n) is 10.3. The van der Waals surface area contributed by atoms with Crippen LogP contribution in [0.5, 0.6) is 0 Å².